The molecule has 1 heterocycles. The van der Waals surface area contributed by atoms with Gasteiger partial charge in [-0.3, -0.25) is 4.98 Å². The molecule has 2 aromatic carbocycles. The molecule has 132 valence electrons. The summed E-state index contributed by atoms with van der Waals surface area (Å²) in [6, 6.07) is 12.1. The molecule has 0 aliphatic rings. The molecular weight excluding hydrogens is 372 g/mol. The number of aromatic hydroxyl groups is 1. The molecule has 0 unspecified atom stereocenters. The van der Waals surface area contributed by atoms with Crippen LogP contribution in [0.4, 0.5) is 0 Å². The maximum absolute atomic E-state index is 11.7. The van der Waals surface area contributed by atoms with Crippen LogP contribution >= 0.6 is 23.8 Å². The average Bonchev–Trinajstić information content (AvgIpc) is 2.67. The third kappa shape index (κ3) is 3.76. The number of pyridine rings is 1. The number of carbonyl (C=O) groups excluding carboxylic acids is 1. The summed E-state index contributed by atoms with van der Waals surface area (Å²) in [7, 11) is 1.30. The Morgan fingerprint density at radius 1 is 1.27 bits per heavy atom. The van der Waals surface area contributed by atoms with Gasteiger partial charge < -0.3 is 15.2 Å². The summed E-state index contributed by atoms with van der Waals surface area (Å²) in [5, 5.41) is 14.8. The van der Waals surface area contributed by atoms with Crippen molar-refractivity contribution in [1.29, 1.82) is 0 Å². The molecule has 0 bridgehead atoms. The number of rotatable bonds is 4. The minimum absolute atomic E-state index is 0.0330. The van der Waals surface area contributed by atoms with Crippen LogP contribution < -0.4 is 5.32 Å². The lowest BCUT2D eigenvalue weighted by Crippen LogP contribution is -2.22. The van der Waals surface area contributed by atoms with Crippen molar-refractivity contribution in [2.75, 3.05) is 7.11 Å². The summed E-state index contributed by atoms with van der Waals surface area (Å²) in [6.45, 7) is 0.482. The number of esters is 1. The van der Waals surface area contributed by atoms with Crippen molar-refractivity contribution < 1.29 is 14.6 Å². The molecule has 0 saturated carbocycles. The molecule has 3 rings (SSSR count). The van der Waals surface area contributed by atoms with Gasteiger partial charge in [-0.1, -0.05) is 36.0 Å². The zero-order valence-electron chi connectivity index (χ0n) is 13.8. The van der Waals surface area contributed by atoms with Gasteiger partial charge in [-0.05, 0) is 35.9 Å². The fraction of sp³-hybridized carbons (Fsp3) is 0.105. The zero-order chi connectivity index (χ0) is 18.7. The Morgan fingerprint density at radius 2 is 2.00 bits per heavy atom. The highest BCUT2D eigenvalue weighted by Gasteiger charge is 2.14. The molecule has 7 heteroatoms. The Morgan fingerprint density at radius 3 is 2.69 bits per heavy atom. The second-order valence-corrected chi connectivity index (χ2v) is 6.40. The number of methoxy groups -OCH3 is 1. The Bertz CT molecular complexity index is 990. The van der Waals surface area contributed by atoms with E-state index in [2.05, 4.69) is 10.3 Å². The molecule has 0 aliphatic heterocycles. The number of nitrogens with zero attached hydrogens (tertiary/aromatic N) is 1. The number of carbonyl (C=O) groups is 1. The van der Waals surface area contributed by atoms with Gasteiger partial charge in [0.2, 0.25) is 0 Å². The van der Waals surface area contributed by atoms with E-state index < -0.39 is 5.97 Å². The summed E-state index contributed by atoms with van der Waals surface area (Å²) >= 11 is 11.2. The minimum Gasteiger partial charge on any atom is -0.506 e. The number of halogens is 1. The van der Waals surface area contributed by atoms with Gasteiger partial charge in [0.25, 0.3) is 0 Å². The Hall–Kier alpha value is -2.70. The number of hydrogen-bond acceptors (Lipinski definition) is 5. The smallest absolute Gasteiger partial charge is 0.337 e. The van der Waals surface area contributed by atoms with E-state index in [9.17, 15) is 9.90 Å². The van der Waals surface area contributed by atoms with Gasteiger partial charge in [-0.15, -0.1) is 0 Å². The molecule has 1 aromatic heterocycles. The van der Waals surface area contributed by atoms with E-state index in [0.717, 1.165) is 5.56 Å². The number of fused-ring (bicyclic) bond motifs is 1. The van der Waals surface area contributed by atoms with Crippen LogP contribution in [0.5, 0.6) is 5.75 Å². The Kier molecular flexibility index (Phi) is 5.35. The van der Waals surface area contributed by atoms with Crippen molar-refractivity contribution in [3.8, 4) is 5.75 Å². The van der Waals surface area contributed by atoms with Gasteiger partial charge in [0, 0.05) is 23.2 Å². The molecule has 0 spiro atoms. The lowest BCUT2D eigenvalue weighted by molar-refractivity contribution is 0.0601. The predicted molar refractivity (Wildman–Crippen MR) is 105 cm³/mol. The molecule has 3 aromatic rings. The summed E-state index contributed by atoms with van der Waals surface area (Å²) in [6.07, 6.45) is 1.51. The van der Waals surface area contributed by atoms with Crippen LogP contribution in [-0.4, -0.2) is 28.2 Å². The first-order chi connectivity index (χ1) is 12.5. The molecule has 0 atom stereocenters. The number of hydrogen-bond donors (Lipinski definition) is 2. The van der Waals surface area contributed by atoms with Gasteiger partial charge in [-0.2, -0.15) is 0 Å². The fourth-order valence-corrected chi connectivity index (χ4v) is 2.82. The quantitative estimate of drug-likeness (QED) is 0.524. The summed E-state index contributed by atoms with van der Waals surface area (Å²) in [4.78, 5) is 16.4. The van der Waals surface area contributed by atoms with Crippen LogP contribution in [0, 0.1) is 0 Å². The van der Waals surface area contributed by atoms with Gasteiger partial charge in [0.05, 0.1) is 23.8 Å². The van der Waals surface area contributed by atoms with E-state index in [1.54, 1.807) is 24.3 Å². The number of benzene rings is 2. The number of aromatic nitrogens is 1. The van der Waals surface area contributed by atoms with E-state index in [1.165, 1.54) is 19.4 Å². The van der Waals surface area contributed by atoms with Gasteiger partial charge in [0.15, 0.2) is 0 Å². The van der Waals surface area contributed by atoms with Gasteiger partial charge in [-0.25, -0.2) is 4.79 Å². The summed E-state index contributed by atoms with van der Waals surface area (Å²) in [5.41, 5.74) is 2.27. The van der Waals surface area contributed by atoms with Gasteiger partial charge >= 0.3 is 5.97 Å². The van der Waals surface area contributed by atoms with Crippen LogP contribution in [0.25, 0.3) is 10.9 Å². The van der Waals surface area contributed by atoms with Crippen LogP contribution in [0.2, 0.25) is 5.02 Å². The Balaban J connectivity index is 1.86. The highest BCUT2D eigenvalue weighted by Crippen LogP contribution is 2.28. The molecule has 0 amide bonds. The standard InChI is InChI=1S/C19H15ClN2O3S/c1-25-19(24)12-4-7-16-14(8-12)17(23)15(10-21-16)18(26)22-9-11-2-5-13(20)6-3-11/h2-8,10H,9H2,1H3,(H,21,23)(H,22,26). The third-order valence-corrected chi connectivity index (χ3v) is 4.49. The maximum atomic E-state index is 11.7. The normalized spacial score (nSPS) is 10.5. The third-order valence-electron chi connectivity index (χ3n) is 3.87. The first kappa shape index (κ1) is 18.1. The molecule has 0 radical (unpaired) electrons. The lowest BCUT2D eigenvalue weighted by atomic mass is 10.1. The SMILES string of the molecule is COC(=O)c1ccc2ncc(C(=S)NCc3ccc(Cl)cc3)c(O)c2c1. The maximum Gasteiger partial charge on any atom is 0.337 e. The van der Waals surface area contributed by atoms with E-state index in [4.69, 9.17) is 28.6 Å². The molecule has 0 fully saturated rings. The van der Waals surface area contributed by atoms with Crippen molar-refractivity contribution >= 4 is 45.7 Å². The highest BCUT2D eigenvalue weighted by molar-refractivity contribution is 7.80. The van der Waals surface area contributed by atoms with Crippen molar-refractivity contribution in [3.63, 3.8) is 0 Å². The topological polar surface area (TPSA) is 71.5 Å². The first-order valence-corrected chi connectivity index (χ1v) is 8.51. The molecule has 0 saturated heterocycles. The number of ether oxygens (including phenoxy) is 1. The van der Waals surface area contributed by atoms with Crippen LogP contribution in [0.15, 0.2) is 48.7 Å². The van der Waals surface area contributed by atoms with Crippen LogP contribution in [-0.2, 0) is 11.3 Å². The highest BCUT2D eigenvalue weighted by atomic mass is 35.5. The van der Waals surface area contributed by atoms with E-state index in [1.807, 2.05) is 12.1 Å². The predicted octanol–water partition coefficient (Wildman–Crippen LogP) is 3.85. The second kappa shape index (κ2) is 7.68. The molecular formula is C19H15ClN2O3S. The fourth-order valence-electron chi connectivity index (χ4n) is 2.47. The van der Waals surface area contributed by atoms with Crippen LogP contribution in [0.3, 0.4) is 0 Å². The van der Waals surface area contributed by atoms with Crippen molar-refractivity contribution in [1.82, 2.24) is 10.3 Å². The zero-order valence-corrected chi connectivity index (χ0v) is 15.4. The Labute approximate surface area is 160 Å². The van der Waals surface area contributed by atoms with Crippen molar-refractivity contribution in [3.05, 3.63) is 70.4 Å². The average molecular weight is 387 g/mol. The van der Waals surface area contributed by atoms with Crippen molar-refractivity contribution in [2.45, 2.75) is 6.54 Å². The largest absolute Gasteiger partial charge is 0.506 e. The number of thiocarbonyl (C=S) groups is 1. The molecule has 0 aliphatic carbocycles. The van der Waals surface area contributed by atoms with Crippen molar-refractivity contribution in [2.24, 2.45) is 0 Å². The summed E-state index contributed by atoms with van der Waals surface area (Å²) < 4.78 is 4.71. The summed E-state index contributed by atoms with van der Waals surface area (Å²) in [5.74, 6) is -0.519. The first-order valence-electron chi connectivity index (χ1n) is 7.72. The van der Waals surface area contributed by atoms with E-state index in [-0.39, 0.29) is 5.75 Å². The molecule has 2 N–H and O–H groups in total. The lowest BCUT2D eigenvalue weighted by Gasteiger charge is -2.12. The van der Waals surface area contributed by atoms with E-state index >= 15 is 0 Å². The van der Waals surface area contributed by atoms with Gasteiger partial charge in [0.1, 0.15) is 10.7 Å². The molecule has 5 nitrogen and oxygen atoms in total. The van der Waals surface area contributed by atoms with E-state index in [0.29, 0.717) is 38.6 Å². The monoisotopic (exact) mass is 386 g/mol. The van der Waals surface area contributed by atoms with Crippen LogP contribution in [0.1, 0.15) is 21.5 Å². The second-order valence-electron chi connectivity index (χ2n) is 5.55. The molecule has 26 heavy (non-hydrogen) atoms. The minimum atomic E-state index is -0.486. The number of nitrogens with one attached hydrogen (secondary N) is 1.